The van der Waals surface area contributed by atoms with Crippen LogP contribution in [-0.4, -0.2) is 12.2 Å². The Balaban J connectivity index is 3.02. The van der Waals surface area contributed by atoms with Gasteiger partial charge in [0.15, 0.2) is 0 Å². The summed E-state index contributed by atoms with van der Waals surface area (Å²) in [6.45, 7) is 10.3. The lowest BCUT2D eigenvalue weighted by atomic mass is 10.2. The lowest BCUT2D eigenvalue weighted by molar-refractivity contribution is -0.0571. The molecule has 0 aromatic heterocycles. The molecular formula is C9H19O2. The van der Waals surface area contributed by atoms with Crippen molar-refractivity contribution in [2.75, 3.05) is 6.61 Å². The molecule has 0 aliphatic heterocycles. The molecule has 0 fully saturated rings. The molecule has 0 rings (SSSR count). The van der Waals surface area contributed by atoms with E-state index < -0.39 is 0 Å². The highest BCUT2D eigenvalue weighted by Crippen LogP contribution is 2.08. The zero-order chi connectivity index (χ0) is 8.74. The molecule has 11 heavy (non-hydrogen) atoms. The minimum absolute atomic E-state index is 0.133. The third-order valence-electron chi connectivity index (χ3n) is 1.09. The fourth-order valence-corrected chi connectivity index (χ4v) is 0.454. The van der Waals surface area contributed by atoms with E-state index in [9.17, 15) is 0 Å². The quantitative estimate of drug-likeness (QED) is 0.574. The molecule has 2 nitrogen and oxygen atoms in total. The van der Waals surface area contributed by atoms with Crippen LogP contribution in [0.25, 0.3) is 0 Å². The maximum atomic E-state index is 5.23. The summed E-state index contributed by atoms with van der Waals surface area (Å²) in [4.78, 5) is 0. The molecule has 1 radical (unpaired) electrons. The molecule has 0 atom stereocenters. The minimum Gasteiger partial charge on any atom is -0.348 e. The first-order valence-electron chi connectivity index (χ1n) is 4.17. The standard InChI is InChI=1S/C9H19O2/c1-5-6-7-10-8-11-9(2,3)4/h8H,5-7H2,1-4H3. The van der Waals surface area contributed by atoms with Crippen LogP contribution in [0.4, 0.5) is 0 Å². The van der Waals surface area contributed by atoms with E-state index in [2.05, 4.69) is 6.92 Å². The first kappa shape index (κ1) is 10.9. The minimum atomic E-state index is -0.133. The maximum Gasteiger partial charge on any atom is 0.209 e. The van der Waals surface area contributed by atoms with Gasteiger partial charge in [-0.15, -0.1) is 0 Å². The van der Waals surface area contributed by atoms with Crippen molar-refractivity contribution in [1.82, 2.24) is 0 Å². The van der Waals surface area contributed by atoms with E-state index in [-0.39, 0.29) is 5.60 Å². The molecule has 0 amide bonds. The summed E-state index contributed by atoms with van der Waals surface area (Å²) in [6.07, 6.45) is 2.24. The Labute approximate surface area is 69.9 Å². The van der Waals surface area contributed by atoms with Crippen LogP contribution in [0.5, 0.6) is 0 Å². The first-order chi connectivity index (χ1) is 5.06. The van der Waals surface area contributed by atoms with Crippen molar-refractivity contribution in [3.05, 3.63) is 6.79 Å². The topological polar surface area (TPSA) is 18.5 Å². The molecule has 0 saturated heterocycles. The predicted molar refractivity (Wildman–Crippen MR) is 46.0 cm³/mol. The van der Waals surface area contributed by atoms with E-state index in [1.54, 1.807) is 0 Å². The van der Waals surface area contributed by atoms with Crippen LogP contribution >= 0.6 is 0 Å². The van der Waals surface area contributed by atoms with Crippen molar-refractivity contribution in [2.45, 2.75) is 46.1 Å². The summed E-state index contributed by atoms with van der Waals surface area (Å²) in [6, 6.07) is 0. The van der Waals surface area contributed by atoms with Crippen molar-refractivity contribution < 1.29 is 9.47 Å². The van der Waals surface area contributed by atoms with Crippen molar-refractivity contribution >= 4 is 0 Å². The van der Waals surface area contributed by atoms with Crippen LogP contribution in [0.2, 0.25) is 0 Å². The Kier molecular flexibility index (Phi) is 5.51. The predicted octanol–water partition coefficient (Wildman–Crippen LogP) is 2.74. The van der Waals surface area contributed by atoms with Crippen molar-refractivity contribution in [2.24, 2.45) is 0 Å². The van der Waals surface area contributed by atoms with Crippen molar-refractivity contribution in [3.8, 4) is 0 Å². The number of hydrogen-bond acceptors (Lipinski definition) is 2. The van der Waals surface area contributed by atoms with Gasteiger partial charge in [0.2, 0.25) is 6.79 Å². The molecule has 0 heterocycles. The second kappa shape index (κ2) is 5.56. The van der Waals surface area contributed by atoms with Crippen LogP contribution in [0, 0.1) is 6.79 Å². The average Bonchev–Trinajstić information content (AvgIpc) is 1.85. The number of unbranched alkanes of at least 4 members (excludes halogenated alkanes) is 1. The summed E-state index contributed by atoms with van der Waals surface area (Å²) < 4.78 is 10.3. The molecule has 0 N–H and O–H groups in total. The van der Waals surface area contributed by atoms with Crippen LogP contribution in [0.3, 0.4) is 0 Å². The summed E-state index contributed by atoms with van der Waals surface area (Å²) in [5, 5.41) is 0. The molecule has 0 aliphatic rings. The smallest absolute Gasteiger partial charge is 0.209 e. The van der Waals surface area contributed by atoms with Gasteiger partial charge in [-0.3, -0.25) is 0 Å². The van der Waals surface area contributed by atoms with Gasteiger partial charge in [-0.05, 0) is 27.2 Å². The Morgan fingerprint density at radius 2 is 1.91 bits per heavy atom. The molecule has 0 aromatic carbocycles. The number of ether oxygens (including phenoxy) is 2. The van der Waals surface area contributed by atoms with Crippen LogP contribution in [0.1, 0.15) is 40.5 Å². The molecule has 0 unspecified atom stereocenters. The first-order valence-corrected chi connectivity index (χ1v) is 4.17. The average molecular weight is 159 g/mol. The van der Waals surface area contributed by atoms with Crippen molar-refractivity contribution in [1.29, 1.82) is 0 Å². The third-order valence-corrected chi connectivity index (χ3v) is 1.09. The van der Waals surface area contributed by atoms with Crippen LogP contribution in [-0.2, 0) is 9.47 Å². The van der Waals surface area contributed by atoms with Gasteiger partial charge in [-0.2, -0.15) is 0 Å². The summed E-state index contributed by atoms with van der Waals surface area (Å²) >= 11 is 0. The van der Waals surface area contributed by atoms with E-state index in [1.807, 2.05) is 20.8 Å². The largest absolute Gasteiger partial charge is 0.348 e. The molecule has 0 aromatic rings. The highest BCUT2D eigenvalue weighted by Gasteiger charge is 2.09. The van der Waals surface area contributed by atoms with E-state index in [0.29, 0.717) is 0 Å². The van der Waals surface area contributed by atoms with E-state index in [0.717, 1.165) is 19.4 Å². The lowest BCUT2D eigenvalue weighted by Gasteiger charge is -2.18. The number of hydrogen-bond donors (Lipinski definition) is 0. The molecule has 67 valence electrons. The zero-order valence-corrected chi connectivity index (χ0v) is 8.02. The van der Waals surface area contributed by atoms with E-state index in [1.165, 1.54) is 6.79 Å². The fraction of sp³-hybridized carbons (Fsp3) is 0.889. The van der Waals surface area contributed by atoms with Gasteiger partial charge in [0.1, 0.15) is 0 Å². The highest BCUT2D eigenvalue weighted by atomic mass is 16.7. The SMILES string of the molecule is CCCCO[CH]OC(C)(C)C. The summed E-state index contributed by atoms with van der Waals surface area (Å²) in [7, 11) is 0. The molecule has 0 saturated carbocycles. The van der Waals surface area contributed by atoms with Gasteiger partial charge in [0.05, 0.1) is 5.60 Å². The second-order valence-corrected chi connectivity index (χ2v) is 3.55. The lowest BCUT2D eigenvalue weighted by Crippen LogP contribution is -2.18. The Morgan fingerprint density at radius 3 is 2.36 bits per heavy atom. The van der Waals surface area contributed by atoms with Crippen molar-refractivity contribution in [3.63, 3.8) is 0 Å². The summed E-state index contributed by atoms with van der Waals surface area (Å²) in [5.41, 5.74) is -0.133. The Hall–Kier alpha value is -0.0800. The Bertz CT molecular complexity index is 84.1. The monoisotopic (exact) mass is 159 g/mol. The van der Waals surface area contributed by atoms with Gasteiger partial charge in [0, 0.05) is 6.61 Å². The molecular weight excluding hydrogens is 140 g/mol. The van der Waals surface area contributed by atoms with E-state index in [4.69, 9.17) is 9.47 Å². The van der Waals surface area contributed by atoms with Gasteiger partial charge in [-0.1, -0.05) is 13.3 Å². The normalized spacial score (nSPS) is 12.0. The third kappa shape index (κ3) is 9.92. The van der Waals surface area contributed by atoms with Gasteiger partial charge in [-0.25, -0.2) is 0 Å². The van der Waals surface area contributed by atoms with Gasteiger partial charge >= 0.3 is 0 Å². The molecule has 2 heteroatoms. The molecule has 0 aliphatic carbocycles. The Morgan fingerprint density at radius 1 is 1.27 bits per heavy atom. The van der Waals surface area contributed by atoms with Gasteiger partial charge in [0.25, 0.3) is 0 Å². The summed E-state index contributed by atoms with van der Waals surface area (Å²) in [5.74, 6) is 0. The fourth-order valence-electron chi connectivity index (χ4n) is 0.454. The highest BCUT2D eigenvalue weighted by molar-refractivity contribution is 4.59. The van der Waals surface area contributed by atoms with Crippen LogP contribution in [0.15, 0.2) is 0 Å². The molecule has 0 bridgehead atoms. The van der Waals surface area contributed by atoms with Crippen LogP contribution < -0.4 is 0 Å². The zero-order valence-electron chi connectivity index (χ0n) is 8.02. The van der Waals surface area contributed by atoms with Gasteiger partial charge < -0.3 is 9.47 Å². The number of rotatable bonds is 5. The molecule has 0 spiro atoms. The second-order valence-electron chi connectivity index (χ2n) is 3.55. The maximum absolute atomic E-state index is 5.23. The van der Waals surface area contributed by atoms with E-state index >= 15 is 0 Å².